The van der Waals surface area contributed by atoms with Crippen molar-refractivity contribution >= 4 is 28.5 Å². The summed E-state index contributed by atoms with van der Waals surface area (Å²) >= 11 is 5.87. The zero-order valence-electron chi connectivity index (χ0n) is 11.2. The van der Waals surface area contributed by atoms with Crippen LogP contribution in [0.4, 0.5) is 5.82 Å². The van der Waals surface area contributed by atoms with Gasteiger partial charge in [-0.1, -0.05) is 18.2 Å². The molecule has 0 aliphatic carbocycles. The van der Waals surface area contributed by atoms with E-state index < -0.39 is 0 Å². The first-order chi connectivity index (χ1) is 10.3. The van der Waals surface area contributed by atoms with Gasteiger partial charge in [-0.2, -0.15) is 15.1 Å². The zero-order valence-corrected chi connectivity index (χ0v) is 12.0. The molecular formula is C14H14ClN5O. The lowest BCUT2D eigenvalue weighted by Gasteiger charge is -2.08. The number of H-pyrrole nitrogens is 1. The van der Waals surface area contributed by atoms with Crippen LogP contribution >= 0.6 is 11.6 Å². The molecule has 108 valence electrons. The van der Waals surface area contributed by atoms with E-state index in [1.807, 2.05) is 30.3 Å². The molecule has 0 saturated carbocycles. The SMILES string of the molecule is Clc1nc(NCCCOc2ccccc2)c2cn[nH]c2n1. The predicted molar refractivity (Wildman–Crippen MR) is 81.7 cm³/mol. The number of aromatic amines is 1. The Hall–Kier alpha value is -2.34. The number of fused-ring (bicyclic) bond motifs is 1. The normalized spacial score (nSPS) is 10.7. The van der Waals surface area contributed by atoms with Crippen LogP contribution in [-0.4, -0.2) is 33.3 Å². The highest BCUT2D eigenvalue weighted by Crippen LogP contribution is 2.19. The Morgan fingerprint density at radius 3 is 2.90 bits per heavy atom. The molecule has 0 fully saturated rings. The number of para-hydroxylation sites is 1. The summed E-state index contributed by atoms with van der Waals surface area (Å²) in [6.45, 7) is 1.35. The minimum absolute atomic E-state index is 0.190. The minimum Gasteiger partial charge on any atom is -0.494 e. The lowest BCUT2D eigenvalue weighted by Crippen LogP contribution is -2.09. The average Bonchev–Trinajstić information content (AvgIpc) is 2.96. The first-order valence-corrected chi connectivity index (χ1v) is 6.99. The molecule has 0 bridgehead atoms. The first kappa shape index (κ1) is 13.6. The molecule has 0 saturated heterocycles. The van der Waals surface area contributed by atoms with Crippen LogP contribution in [0.3, 0.4) is 0 Å². The Kier molecular flexibility index (Phi) is 4.16. The molecule has 3 aromatic rings. The topological polar surface area (TPSA) is 75.7 Å². The van der Waals surface area contributed by atoms with Crippen LogP contribution in [0.15, 0.2) is 36.5 Å². The Labute approximate surface area is 126 Å². The first-order valence-electron chi connectivity index (χ1n) is 6.61. The van der Waals surface area contributed by atoms with Crippen molar-refractivity contribution in [1.82, 2.24) is 20.2 Å². The molecule has 3 rings (SSSR count). The smallest absolute Gasteiger partial charge is 0.226 e. The highest BCUT2D eigenvalue weighted by molar-refractivity contribution is 6.28. The molecule has 0 amide bonds. The van der Waals surface area contributed by atoms with Crippen molar-refractivity contribution in [2.75, 3.05) is 18.5 Å². The summed E-state index contributed by atoms with van der Waals surface area (Å²) in [5, 5.41) is 10.9. The maximum absolute atomic E-state index is 5.87. The van der Waals surface area contributed by atoms with Gasteiger partial charge in [0.2, 0.25) is 5.28 Å². The van der Waals surface area contributed by atoms with Crippen molar-refractivity contribution in [3.05, 3.63) is 41.8 Å². The van der Waals surface area contributed by atoms with Gasteiger partial charge in [-0.25, -0.2) is 0 Å². The van der Waals surface area contributed by atoms with E-state index in [4.69, 9.17) is 16.3 Å². The molecule has 0 unspecified atom stereocenters. The summed E-state index contributed by atoms with van der Waals surface area (Å²) in [4.78, 5) is 8.22. The Bertz CT molecular complexity index is 716. The van der Waals surface area contributed by atoms with Gasteiger partial charge in [0.15, 0.2) is 5.65 Å². The third-order valence-corrected chi connectivity index (χ3v) is 3.08. The van der Waals surface area contributed by atoms with Crippen LogP contribution in [-0.2, 0) is 0 Å². The van der Waals surface area contributed by atoms with E-state index in [2.05, 4.69) is 25.5 Å². The second-order valence-corrected chi connectivity index (χ2v) is 4.75. The maximum atomic E-state index is 5.87. The number of nitrogens with one attached hydrogen (secondary N) is 2. The van der Waals surface area contributed by atoms with Gasteiger partial charge in [0, 0.05) is 6.54 Å². The number of halogens is 1. The Morgan fingerprint density at radius 2 is 2.05 bits per heavy atom. The molecule has 2 N–H and O–H groups in total. The summed E-state index contributed by atoms with van der Waals surface area (Å²) in [6, 6.07) is 9.74. The van der Waals surface area contributed by atoms with E-state index in [1.165, 1.54) is 0 Å². The third kappa shape index (κ3) is 3.41. The molecule has 2 heterocycles. The van der Waals surface area contributed by atoms with Crippen LogP contribution in [0.1, 0.15) is 6.42 Å². The Morgan fingerprint density at radius 1 is 1.19 bits per heavy atom. The van der Waals surface area contributed by atoms with Crippen LogP contribution < -0.4 is 10.1 Å². The number of hydrogen-bond donors (Lipinski definition) is 2. The molecule has 0 atom stereocenters. The third-order valence-electron chi connectivity index (χ3n) is 2.91. The molecule has 1 aromatic carbocycles. The van der Waals surface area contributed by atoms with Crippen LogP contribution in [0, 0.1) is 0 Å². The molecule has 0 spiro atoms. The largest absolute Gasteiger partial charge is 0.494 e. The lowest BCUT2D eigenvalue weighted by molar-refractivity contribution is 0.315. The van der Waals surface area contributed by atoms with Crippen molar-refractivity contribution in [1.29, 1.82) is 0 Å². The van der Waals surface area contributed by atoms with Crippen LogP contribution in [0.2, 0.25) is 5.28 Å². The van der Waals surface area contributed by atoms with E-state index in [0.717, 1.165) is 24.1 Å². The second kappa shape index (κ2) is 6.41. The fraction of sp³-hybridized carbons (Fsp3) is 0.214. The fourth-order valence-electron chi connectivity index (χ4n) is 1.93. The zero-order chi connectivity index (χ0) is 14.5. The number of rotatable bonds is 6. The quantitative estimate of drug-likeness (QED) is 0.541. The second-order valence-electron chi connectivity index (χ2n) is 4.42. The van der Waals surface area contributed by atoms with Crippen molar-refractivity contribution < 1.29 is 4.74 Å². The van der Waals surface area contributed by atoms with Crippen molar-refractivity contribution in [3.8, 4) is 5.75 Å². The fourth-order valence-corrected chi connectivity index (χ4v) is 2.10. The van der Waals surface area contributed by atoms with Gasteiger partial charge in [0.25, 0.3) is 0 Å². The standard InChI is InChI=1S/C14H14ClN5O/c15-14-18-12(11-9-17-20-13(11)19-14)16-7-4-8-21-10-5-2-1-3-6-10/h1-3,5-6,9H,4,7-8H2,(H2,16,17,18,19,20). The monoisotopic (exact) mass is 303 g/mol. The van der Waals surface area contributed by atoms with Crippen molar-refractivity contribution in [3.63, 3.8) is 0 Å². The summed E-state index contributed by atoms with van der Waals surface area (Å²) in [7, 11) is 0. The molecule has 0 radical (unpaired) electrons. The van der Waals surface area contributed by atoms with E-state index >= 15 is 0 Å². The average molecular weight is 304 g/mol. The summed E-state index contributed by atoms with van der Waals surface area (Å²) in [5.41, 5.74) is 0.623. The highest BCUT2D eigenvalue weighted by Gasteiger charge is 2.07. The highest BCUT2D eigenvalue weighted by atomic mass is 35.5. The van der Waals surface area contributed by atoms with Gasteiger partial charge in [-0.15, -0.1) is 0 Å². The molecule has 2 aromatic heterocycles. The van der Waals surface area contributed by atoms with Crippen molar-refractivity contribution in [2.45, 2.75) is 6.42 Å². The maximum Gasteiger partial charge on any atom is 0.226 e. The van der Waals surface area contributed by atoms with Gasteiger partial charge in [-0.05, 0) is 30.2 Å². The summed E-state index contributed by atoms with van der Waals surface area (Å²) in [5.74, 6) is 1.55. The Balaban J connectivity index is 1.52. The number of hydrogen-bond acceptors (Lipinski definition) is 5. The van der Waals surface area contributed by atoms with Gasteiger partial charge in [-0.3, -0.25) is 5.10 Å². The van der Waals surface area contributed by atoms with Gasteiger partial charge >= 0.3 is 0 Å². The van der Waals surface area contributed by atoms with E-state index in [1.54, 1.807) is 6.20 Å². The van der Waals surface area contributed by atoms with E-state index in [-0.39, 0.29) is 5.28 Å². The summed E-state index contributed by atoms with van der Waals surface area (Å²) in [6.07, 6.45) is 2.52. The van der Waals surface area contributed by atoms with Crippen LogP contribution in [0.25, 0.3) is 11.0 Å². The molecule has 7 heteroatoms. The number of anilines is 1. The predicted octanol–water partition coefficient (Wildman–Crippen LogP) is 2.89. The molecule has 0 aliphatic heterocycles. The lowest BCUT2D eigenvalue weighted by atomic mass is 10.3. The number of nitrogens with zero attached hydrogens (tertiary/aromatic N) is 3. The van der Waals surface area contributed by atoms with Crippen LogP contribution in [0.5, 0.6) is 5.75 Å². The molecule has 21 heavy (non-hydrogen) atoms. The van der Waals surface area contributed by atoms with E-state index in [9.17, 15) is 0 Å². The van der Waals surface area contributed by atoms with Crippen molar-refractivity contribution in [2.24, 2.45) is 0 Å². The summed E-state index contributed by atoms with van der Waals surface area (Å²) < 4.78 is 5.62. The van der Waals surface area contributed by atoms with Gasteiger partial charge in [0.1, 0.15) is 11.6 Å². The number of benzene rings is 1. The van der Waals surface area contributed by atoms with Gasteiger partial charge in [0.05, 0.1) is 18.2 Å². The molecular weight excluding hydrogens is 290 g/mol. The number of ether oxygens (including phenoxy) is 1. The minimum atomic E-state index is 0.190. The molecule has 0 aliphatic rings. The van der Waals surface area contributed by atoms with Gasteiger partial charge < -0.3 is 10.1 Å². The van der Waals surface area contributed by atoms with E-state index in [0.29, 0.717) is 18.1 Å². The number of aromatic nitrogens is 4. The molecule has 6 nitrogen and oxygen atoms in total.